The normalized spacial score (nSPS) is 26.6. The van der Waals surface area contributed by atoms with E-state index in [1.165, 1.54) is 6.07 Å². The molecule has 0 spiro atoms. The van der Waals surface area contributed by atoms with Gasteiger partial charge in [-0.05, 0) is 37.6 Å². The average molecular weight is 222 g/mol. The van der Waals surface area contributed by atoms with E-state index in [-0.39, 0.29) is 5.82 Å². The number of nitrogens with zero attached hydrogens (tertiary/aromatic N) is 1. The highest BCUT2D eigenvalue weighted by atomic mass is 19.1. The van der Waals surface area contributed by atoms with Gasteiger partial charge in [0.1, 0.15) is 5.82 Å². The Labute approximate surface area is 96.5 Å². The van der Waals surface area contributed by atoms with E-state index in [1.54, 1.807) is 12.1 Å². The summed E-state index contributed by atoms with van der Waals surface area (Å²) in [7, 11) is 0. The lowest BCUT2D eigenvalue weighted by Gasteiger charge is -2.30. The molecule has 0 radical (unpaired) electrons. The molecule has 1 heterocycles. The number of nitrogens with one attached hydrogen (secondary N) is 1. The maximum Gasteiger partial charge on any atom is 0.125 e. The smallest absolute Gasteiger partial charge is 0.125 e. The fraction of sp³-hybridized carbons (Fsp3) is 0.538. The first kappa shape index (κ1) is 11.4. The molecule has 2 rings (SSSR count). The monoisotopic (exact) mass is 222 g/mol. The van der Waals surface area contributed by atoms with Crippen molar-refractivity contribution in [1.29, 1.82) is 0 Å². The van der Waals surface area contributed by atoms with Crippen molar-refractivity contribution in [2.45, 2.75) is 19.9 Å². The Kier molecular flexibility index (Phi) is 3.44. The van der Waals surface area contributed by atoms with Crippen LogP contribution in [0.15, 0.2) is 24.3 Å². The summed E-state index contributed by atoms with van der Waals surface area (Å²) in [5.41, 5.74) is 0.989. The molecule has 0 aromatic heterocycles. The number of benzene rings is 1. The van der Waals surface area contributed by atoms with Gasteiger partial charge in [0.2, 0.25) is 0 Å². The van der Waals surface area contributed by atoms with Crippen LogP contribution >= 0.6 is 0 Å². The third-order valence-corrected chi connectivity index (χ3v) is 3.11. The molecular formula is C13H19FN2. The molecule has 2 unspecified atom stereocenters. The second kappa shape index (κ2) is 4.83. The van der Waals surface area contributed by atoms with Gasteiger partial charge in [-0.15, -0.1) is 0 Å². The molecule has 2 nitrogen and oxygen atoms in total. The van der Waals surface area contributed by atoms with Crippen molar-refractivity contribution in [3.63, 3.8) is 0 Å². The highest BCUT2D eigenvalue weighted by Crippen LogP contribution is 2.20. The Morgan fingerprint density at radius 1 is 1.31 bits per heavy atom. The topological polar surface area (TPSA) is 15.3 Å². The molecule has 2 atom stereocenters. The Balaban J connectivity index is 2.22. The summed E-state index contributed by atoms with van der Waals surface area (Å²) < 4.78 is 13.2. The van der Waals surface area contributed by atoms with Crippen LogP contribution in [-0.4, -0.2) is 25.7 Å². The van der Waals surface area contributed by atoms with Crippen molar-refractivity contribution in [2.24, 2.45) is 5.92 Å². The van der Waals surface area contributed by atoms with Crippen LogP contribution in [0.4, 0.5) is 10.1 Å². The van der Waals surface area contributed by atoms with Crippen LogP contribution in [0.5, 0.6) is 0 Å². The Hall–Kier alpha value is -1.09. The van der Waals surface area contributed by atoms with E-state index in [1.807, 2.05) is 6.07 Å². The molecule has 1 aromatic carbocycles. The summed E-state index contributed by atoms with van der Waals surface area (Å²) in [6, 6.07) is 7.28. The minimum Gasteiger partial charge on any atom is -0.367 e. The van der Waals surface area contributed by atoms with Gasteiger partial charge >= 0.3 is 0 Å². The van der Waals surface area contributed by atoms with Gasteiger partial charge in [-0.1, -0.05) is 13.0 Å². The Morgan fingerprint density at radius 3 is 2.88 bits per heavy atom. The van der Waals surface area contributed by atoms with Crippen LogP contribution in [0.2, 0.25) is 0 Å². The van der Waals surface area contributed by atoms with Crippen LogP contribution in [0.25, 0.3) is 0 Å². The summed E-state index contributed by atoms with van der Waals surface area (Å²) in [5.74, 6) is 0.433. The second-order valence-corrected chi connectivity index (χ2v) is 4.74. The molecule has 1 N–H and O–H groups in total. The van der Waals surface area contributed by atoms with Crippen LogP contribution in [0, 0.1) is 11.7 Å². The third-order valence-electron chi connectivity index (χ3n) is 3.11. The van der Waals surface area contributed by atoms with Gasteiger partial charge in [0, 0.05) is 24.8 Å². The summed E-state index contributed by atoms with van der Waals surface area (Å²) in [6.45, 7) is 7.38. The molecule has 16 heavy (non-hydrogen) atoms. The summed E-state index contributed by atoms with van der Waals surface area (Å²) >= 11 is 0. The summed E-state index contributed by atoms with van der Waals surface area (Å²) in [6.07, 6.45) is 0. The maximum atomic E-state index is 13.2. The van der Waals surface area contributed by atoms with Crippen molar-refractivity contribution in [2.75, 3.05) is 24.5 Å². The van der Waals surface area contributed by atoms with Gasteiger partial charge in [-0.3, -0.25) is 0 Å². The van der Waals surface area contributed by atoms with E-state index < -0.39 is 0 Å². The van der Waals surface area contributed by atoms with Crippen molar-refractivity contribution in [1.82, 2.24) is 5.32 Å². The van der Waals surface area contributed by atoms with Gasteiger partial charge in [-0.25, -0.2) is 4.39 Å². The highest BCUT2D eigenvalue weighted by Gasteiger charge is 2.20. The SMILES string of the molecule is CC1CNCC(C)N(c2cccc(F)c2)C1. The van der Waals surface area contributed by atoms with Crippen molar-refractivity contribution in [3.05, 3.63) is 30.1 Å². The predicted molar refractivity (Wildman–Crippen MR) is 65.2 cm³/mol. The quantitative estimate of drug-likeness (QED) is 0.784. The number of anilines is 1. The van der Waals surface area contributed by atoms with Crippen LogP contribution in [-0.2, 0) is 0 Å². The number of halogens is 1. The molecule has 3 heteroatoms. The molecule has 1 aromatic rings. The lowest BCUT2D eigenvalue weighted by molar-refractivity contribution is 0.563. The summed E-state index contributed by atoms with van der Waals surface area (Å²) in [5, 5.41) is 3.43. The fourth-order valence-electron chi connectivity index (χ4n) is 2.24. The van der Waals surface area contributed by atoms with Crippen LogP contribution in [0.1, 0.15) is 13.8 Å². The minimum atomic E-state index is -0.158. The average Bonchev–Trinajstić information content (AvgIpc) is 2.41. The first-order valence-electron chi connectivity index (χ1n) is 5.89. The van der Waals surface area contributed by atoms with Gasteiger partial charge in [0.05, 0.1) is 0 Å². The molecular weight excluding hydrogens is 203 g/mol. The van der Waals surface area contributed by atoms with Crippen molar-refractivity contribution in [3.8, 4) is 0 Å². The molecule has 0 bridgehead atoms. The van der Waals surface area contributed by atoms with E-state index in [0.29, 0.717) is 12.0 Å². The van der Waals surface area contributed by atoms with Crippen LogP contribution in [0.3, 0.4) is 0 Å². The van der Waals surface area contributed by atoms with Gasteiger partial charge in [-0.2, -0.15) is 0 Å². The zero-order valence-corrected chi connectivity index (χ0v) is 9.91. The first-order valence-corrected chi connectivity index (χ1v) is 5.89. The molecule has 0 aliphatic carbocycles. The van der Waals surface area contributed by atoms with Gasteiger partial charge in [0.25, 0.3) is 0 Å². The minimum absolute atomic E-state index is 0.158. The third kappa shape index (κ3) is 2.53. The largest absolute Gasteiger partial charge is 0.367 e. The predicted octanol–water partition coefficient (Wildman–Crippen LogP) is 2.26. The molecule has 88 valence electrons. The molecule has 0 saturated carbocycles. The lowest BCUT2D eigenvalue weighted by atomic mass is 10.1. The van der Waals surface area contributed by atoms with Gasteiger partial charge in [0.15, 0.2) is 0 Å². The van der Waals surface area contributed by atoms with E-state index in [0.717, 1.165) is 25.3 Å². The number of hydrogen-bond donors (Lipinski definition) is 1. The van der Waals surface area contributed by atoms with Crippen molar-refractivity contribution >= 4 is 5.69 Å². The Morgan fingerprint density at radius 2 is 2.12 bits per heavy atom. The molecule has 0 amide bonds. The molecule has 1 saturated heterocycles. The van der Waals surface area contributed by atoms with E-state index in [4.69, 9.17) is 0 Å². The standard InChI is InChI=1S/C13H19FN2/c1-10-7-15-8-11(2)16(9-10)13-5-3-4-12(14)6-13/h3-6,10-11,15H,7-9H2,1-2H3. The zero-order chi connectivity index (χ0) is 11.5. The Bertz CT molecular complexity index is 354. The first-order chi connectivity index (χ1) is 7.66. The lowest BCUT2D eigenvalue weighted by Crippen LogP contribution is -2.38. The number of hydrogen-bond acceptors (Lipinski definition) is 2. The van der Waals surface area contributed by atoms with E-state index >= 15 is 0 Å². The molecule has 1 aliphatic rings. The molecule has 1 fully saturated rings. The van der Waals surface area contributed by atoms with E-state index in [2.05, 4.69) is 24.1 Å². The molecule has 1 aliphatic heterocycles. The highest BCUT2D eigenvalue weighted by molar-refractivity contribution is 5.47. The summed E-state index contributed by atoms with van der Waals surface area (Å²) in [4.78, 5) is 2.29. The second-order valence-electron chi connectivity index (χ2n) is 4.74. The van der Waals surface area contributed by atoms with Gasteiger partial charge < -0.3 is 10.2 Å². The zero-order valence-electron chi connectivity index (χ0n) is 9.91. The van der Waals surface area contributed by atoms with Crippen molar-refractivity contribution < 1.29 is 4.39 Å². The number of rotatable bonds is 1. The fourth-order valence-corrected chi connectivity index (χ4v) is 2.24. The van der Waals surface area contributed by atoms with Crippen LogP contribution < -0.4 is 10.2 Å². The maximum absolute atomic E-state index is 13.2. The van der Waals surface area contributed by atoms with E-state index in [9.17, 15) is 4.39 Å².